The van der Waals surface area contributed by atoms with Crippen molar-refractivity contribution in [1.29, 1.82) is 0 Å². The van der Waals surface area contributed by atoms with Crippen molar-refractivity contribution in [3.63, 3.8) is 0 Å². The zero-order valence-electron chi connectivity index (χ0n) is 17.0. The highest BCUT2D eigenvalue weighted by atomic mass is 16.6. The maximum atomic E-state index is 11.4. The number of fused-ring (bicyclic) bond motifs is 3. The standard InChI is InChI=1S/C24H32O4/c1-22-9-7-16(25)11-15(22)4-5-18-17(22)8-10-23(2)19(12-20-24(18,23)28-20)14-3-6-21(26)27-13-14/h3,6,13,15-20,25H,4-5,7-12H2,1-2H3/t15-,16-,17+,18-,19-,20-,22-,23+,24+/m0/s1. The highest BCUT2D eigenvalue weighted by Crippen LogP contribution is 2.77. The predicted molar refractivity (Wildman–Crippen MR) is 105 cm³/mol. The highest BCUT2D eigenvalue weighted by molar-refractivity contribution is 5.35. The van der Waals surface area contributed by atoms with Gasteiger partial charge in [0.2, 0.25) is 0 Å². The molecular formula is C24H32O4. The molecule has 0 amide bonds. The Kier molecular flexibility index (Phi) is 3.49. The molecule has 0 unspecified atom stereocenters. The first kappa shape index (κ1) is 17.7. The van der Waals surface area contributed by atoms with E-state index in [2.05, 4.69) is 13.8 Å². The summed E-state index contributed by atoms with van der Waals surface area (Å²) in [6.07, 6.45) is 11.1. The first-order chi connectivity index (χ1) is 13.4. The summed E-state index contributed by atoms with van der Waals surface area (Å²) < 4.78 is 11.8. The summed E-state index contributed by atoms with van der Waals surface area (Å²) in [5.74, 6) is 2.48. The van der Waals surface area contributed by atoms with Gasteiger partial charge in [-0.2, -0.15) is 0 Å². The van der Waals surface area contributed by atoms with Crippen molar-refractivity contribution in [1.82, 2.24) is 0 Å². The van der Waals surface area contributed by atoms with Crippen LogP contribution in [0.3, 0.4) is 0 Å². The van der Waals surface area contributed by atoms with E-state index in [0.29, 0.717) is 29.3 Å². The van der Waals surface area contributed by atoms with Crippen molar-refractivity contribution in [2.24, 2.45) is 28.6 Å². The second-order valence-corrected chi connectivity index (χ2v) is 11.0. The predicted octanol–water partition coefficient (Wildman–Crippen LogP) is 4.26. The Hall–Kier alpha value is -1.13. The van der Waals surface area contributed by atoms with Crippen LogP contribution < -0.4 is 5.63 Å². The Balaban J connectivity index is 1.36. The van der Waals surface area contributed by atoms with E-state index in [1.807, 2.05) is 6.07 Å². The molecule has 0 aromatic carbocycles. The molecule has 28 heavy (non-hydrogen) atoms. The number of ether oxygens (including phenoxy) is 1. The summed E-state index contributed by atoms with van der Waals surface area (Å²) in [4.78, 5) is 11.4. The second kappa shape index (κ2) is 5.51. The molecule has 4 aliphatic carbocycles. The number of hydrogen-bond acceptors (Lipinski definition) is 4. The van der Waals surface area contributed by atoms with Gasteiger partial charge in [0.25, 0.3) is 0 Å². The van der Waals surface area contributed by atoms with Crippen LogP contribution in [0, 0.1) is 28.6 Å². The van der Waals surface area contributed by atoms with Crippen LogP contribution in [-0.2, 0) is 4.74 Å². The van der Waals surface area contributed by atoms with Crippen LogP contribution in [0.1, 0.15) is 76.7 Å². The van der Waals surface area contributed by atoms with E-state index in [4.69, 9.17) is 9.15 Å². The monoisotopic (exact) mass is 384 g/mol. The molecule has 0 bridgehead atoms. The molecular weight excluding hydrogens is 352 g/mol. The van der Waals surface area contributed by atoms with E-state index in [0.717, 1.165) is 25.2 Å². The fraction of sp³-hybridized carbons (Fsp3) is 0.792. The topological polar surface area (TPSA) is 63.0 Å². The SMILES string of the molecule is C[C@]12CC[C@H](O)C[C@@H]1CC[C@H]1[C@H]2CC[C@]2(C)[C@H](c3ccc(=O)oc3)C[C@@H]3O[C@@]312. The van der Waals surface area contributed by atoms with E-state index < -0.39 is 0 Å². The third-order valence-electron chi connectivity index (χ3n) is 10.2. The lowest BCUT2D eigenvalue weighted by Crippen LogP contribution is -2.58. The minimum atomic E-state index is -0.266. The van der Waals surface area contributed by atoms with Crippen LogP contribution in [0.15, 0.2) is 27.6 Å². The molecule has 1 aromatic rings. The molecule has 4 heteroatoms. The molecule has 4 saturated carbocycles. The summed E-state index contributed by atoms with van der Waals surface area (Å²) in [6.45, 7) is 4.97. The van der Waals surface area contributed by atoms with Gasteiger partial charge in [0.05, 0.1) is 18.5 Å². The summed E-state index contributed by atoms with van der Waals surface area (Å²) in [6, 6.07) is 3.55. The second-order valence-electron chi connectivity index (χ2n) is 11.0. The van der Waals surface area contributed by atoms with Gasteiger partial charge in [0.1, 0.15) is 5.60 Å². The smallest absolute Gasteiger partial charge is 0.335 e. The Morgan fingerprint density at radius 3 is 2.68 bits per heavy atom. The van der Waals surface area contributed by atoms with E-state index >= 15 is 0 Å². The molecule has 5 fully saturated rings. The van der Waals surface area contributed by atoms with Gasteiger partial charge in [-0.15, -0.1) is 0 Å². The molecule has 9 atom stereocenters. The Morgan fingerprint density at radius 1 is 1.04 bits per heavy atom. The van der Waals surface area contributed by atoms with Crippen LogP contribution in [0.25, 0.3) is 0 Å². The Morgan fingerprint density at radius 2 is 1.89 bits per heavy atom. The summed E-state index contributed by atoms with van der Waals surface area (Å²) in [5, 5.41) is 10.2. The van der Waals surface area contributed by atoms with Gasteiger partial charge in [-0.25, -0.2) is 4.79 Å². The van der Waals surface area contributed by atoms with Gasteiger partial charge in [-0.05, 0) is 92.1 Å². The molecule has 4 nitrogen and oxygen atoms in total. The number of hydrogen-bond donors (Lipinski definition) is 1. The van der Waals surface area contributed by atoms with E-state index in [9.17, 15) is 9.90 Å². The number of aliphatic hydroxyl groups is 1. The molecule has 152 valence electrons. The molecule has 1 aromatic heterocycles. The van der Waals surface area contributed by atoms with E-state index in [-0.39, 0.29) is 22.7 Å². The molecule has 2 heterocycles. The minimum absolute atomic E-state index is 0.0285. The van der Waals surface area contributed by atoms with Crippen molar-refractivity contribution in [3.8, 4) is 0 Å². The van der Waals surface area contributed by atoms with E-state index in [1.165, 1.54) is 37.7 Å². The van der Waals surface area contributed by atoms with Crippen molar-refractivity contribution in [3.05, 3.63) is 34.4 Å². The van der Waals surface area contributed by atoms with Gasteiger partial charge < -0.3 is 14.3 Å². The largest absolute Gasteiger partial charge is 0.431 e. The number of epoxide rings is 1. The summed E-state index contributed by atoms with van der Waals surface area (Å²) >= 11 is 0. The molecule has 1 N–H and O–H groups in total. The van der Waals surface area contributed by atoms with Gasteiger partial charge in [0.15, 0.2) is 0 Å². The average Bonchev–Trinajstić information content (AvgIpc) is 3.33. The molecule has 1 aliphatic heterocycles. The van der Waals surface area contributed by atoms with Crippen molar-refractivity contribution in [2.75, 3.05) is 0 Å². The Labute approximate surface area is 166 Å². The summed E-state index contributed by atoms with van der Waals surface area (Å²) in [5.41, 5.74) is 1.44. The van der Waals surface area contributed by atoms with Crippen LogP contribution in [-0.4, -0.2) is 22.9 Å². The minimum Gasteiger partial charge on any atom is -0.431 e. The zero-order valence-corrected chi connectivity index (χ0v) is 17.0. The third-order valence-corrected chi connectivity index (χ3v) is 10.2. The zero-order chi connectivity index (χ0) is 19.3. The molecule has 1 spiro atoms. The molecule has 5 aliphatic rings. The normalized spacial score (nSPS) is 54.2. The van der Waals surface area contributed by atoms with Crippen LogP contribution in [0.5, 0.6) is 0 Å². The van der Waals surface area contributed by atoms with Crippen LogP contribution in [0.4, 0.5) is 0 Å². The first-order valence-electron chi connectivity index (χ1n) is 11.3. The lowest BCUT2D eigenvalue weighted by molar-refractivity contribution is -0.139. The van der Waals surface area contributed by atoms with Crippen molar-refractivity contribution < 1.29 is 14.3 Å². The van der Waals surface area contributed by atoms with Crippen LogP contribution in [0.2, 0.25) is 0 Å². The average molecular weight is 385 g/mol. The maximum Gasteiger partial charge on any atom is 0.335 e. The lowest BCUT2D eigenvalue weighted by atomic mass is 9.44. The van der Waals surface area contributed by atoms with Crippen LogP contribution >= 0.6 is 0 Å². The first-order valence-corrected chi connectivity index (χ1v) is 11.3. The fourth-order valence-electron chi connectivity index (χ4n) is 8.74. The molecule has 0 radical (unpaired) electrons. The summed E-state index contributed by atoms with van der Waals surface area (Å²) in [7, 11) is 0. The molecule has 6 rings (SSSR count). The number of aliphatic hydroxyl groups excluding tert-OH is 1. The van der Waals surface area contributed by atoms with Gasteiger partial charge in [0, 0.05) is 11.5 Å². The Bertz CT molecular complexity index is 842. The highest BCUT2D eigenvalue weighted by Gasteiger charge is 2.80. The van der Waals surface area contributed by atoms with Gasteiger partial charge >= 0.3 is 5.63 Å². The fourth-order valence-corrected chi connectivity index (χ4v) is 8.74. The van der Waals surface area contributed by atoms with Gasteiger partial charge in [-0.1, -0.05) is 13.8 Å². The molecule has 1 saturated heterocycles. The van der Waals surface area contributed by atoms with Crippen molar-refractivity contribution >= 4 is 0 Å². The van der Waals surface area contributed by atoms with Crippen molar-refractivity contribution in [2.45, 2.75) is 88.9 Å². The van der Waals surface area contributed by atoms with Gasteiger partial charge in [-0.3, -0.25) is 0 Å². The van der Waals surface area contributed by atoms with E-state index in [1.54, 1.807) is 12.3 Å². The maximum absolute atomic E-state index is 11.4. The third kappa shape index (κ3) is 2.01. The quantitative estimate of drug-likeness (QED) is 0.735. The number of rotatable bonds is 1. The lowest BCUT2D eigenvalue weighted by Gasteiger charge is -2.61.